The van der Waals surface area contributed by atoms with Crippen LogP contribution in [-0.2, 0) is 6.54 Å². The summed E-state index contributed by atoms with van der Waals surface area (Å²) < 4.78 is 34.0. The average Bonchev–Trinajstić information content (AvgIpc) is 2.94. The van der Waals surface area contributed by atoms with E-state index in [0.29, 0.717) is 18.2 Å². The minimum absolute atomic E-state index is 0.0848. The van der Waals surface area contributed by atoms with Crippen molar-refractivity contribution in [2.24, 2.45) is 5.92 Å². The van der Waals surface area contributed by atoms with Crippen LogP contribution < -0.4 is 10.1 Å². The van der Waals surface area contributed by atoms with E-state index in [1.54, 1.807) is 0 Å². The van der Waals surface area contributed by atoms with Gasteiger partial charge in [-0.25, -0.2) is 8.78 Å². The number of hydrogen-bond donors (Lipinski definition) is 1. The largest absolute Gasteiger partial charge is 0.490 e. The fraction of sp³-hybridized carbons (Fsp3) is 0.647. The van der Waals surface area contributed by atoms with Crippen LogP contribution in [0.2, 0.25) is 0 Å². The SMILES string of the molecule is CNCC1CC(Oc2cc(F)c(CN3CCCC3)c(F)c2)C1. The normalized spacial score (nSPS) is 25.2. The van der Waals surface area contributed by atoms with Gasteiger partial charge in [-0.3, -0.25) is 4.90 Å². The Morgan fingerprint density at radius 1 is 1.18 bits per heavy atom. The predicted molar refractivity (Wildman–Crippen MR) is 81.9 cm³/mol. The second-order valence-corrected chi connectivity index (χ2v) is 6.48. The number of nitrogens with zero attached hydrogens (tertiary/aromatic N) is 1. The van der Waals surface area contributed by atoms with E-state index in [2.05, 4.69) is 10.2 Å². The Balaban J connectivity index is 1.60. The Hall–Kier alpha value is -1.20. The molecule has 1 N–H and O–H groups in total. The maximum absolute atomic E-state index is 14.2. The van der Waals surface area contributed by atoms with Crippen LogP contribution in [0.5, 0.6) is 5.75 Å². The van der Waals surface area contributed by atoms with Crippen LogP contribution in [0.15, 0.2) is 12.1 Å². The van der Waals surface area contributed by atoms with Crippen molar-refractivity contribution < 1.29 is 13.5 Å². The monoisotopic (exact) mass is 310 g/mol. The highest BCUT2D eigenvalue weighted by Crippen LogP contribution is 2.32. The predicted octanol–water partition coefficient (Wildman–Crippen LogP) is 2.94. The summed E-state index contributed by atoms with van der Waals surface area (Å²) in [6.07, 6.45) is 4.19. The minimum atomic E-state index is -0.493. The highest BCUT2D eigenvalue weighted by atomic mass is 19.1. The number of benzene rings is 1. The lowest BCUT2D eigenvalue weighted by molar-refractivity contribution is 0.0651. The summed E-state index contributed by atoms with van der Waals surface area (Å²) in [5, 5.41) is 3.13. The third-order valence-corrected chi connectivity index (χ3v) is 4.68. The van der Waals surface area contributed by atoms with Crippen molar-refractivity contribution in [3.63, 3.8) is 0 Å². The molecule has 0 unspecified atom stereocenters. The van der Waals surface area contributed by atoms with Gasteiger partial charge in [-0.15, -0.1) is 0 Å². The number of rotatable bonds is 6. The van der Waals surface area contributed by atoms with Crippen molar-refractivity contribution in [1.29, 1.82) is 0 Å². The van der Waals surface area contributed by atoms with Crippen molar-refractivity contribution in [3.8, 4) is 5.75 Å². The molecule has 3 rings (SSSR count). The molecule has 22 heavy (non-hydrogen) atoms. The maximum Gasteiger partial charge on any atom is 0.134 e. The van der Waals surface area contributed by atoms with Crippen LogP contribution in [0, 0.1) is 17.6 Å². The molecule has 0 atom stereocenters. The van der Waals surface area contributed by atoms with Crippen LogP contribution in [0.25, 0.3) is 0 Å². The molecule has 0 bridgehead atoms. The maximum atomic E-state index is 14.2. The summed E-state index contributed by atoms with van der Waals surface area (Å²) in [6.45, 7) is 3.17. The molecule has 1 saturated carbocycles. The second kappa shape index (κ2) is 6.92. The van der Waals surface area contributed by atoms with E-state index in [9.17, 15) is 8.78 Å². The summed E-state index contributed by atoms with van der Waals surface area (Å²) in [5.74, 6) is -0.0618. The molecule has 2 fully saturated rings. The van der Waals surface area contributed by atoms with Crippen molar-refractivity contribution in [1.82, 2.24) is 10.2 Å². The van der Waals surface area contributed by atoms with Gasteiger partial charge in [0.2, 0.25) is 0 Å². The molecule has 5 heteroatoms. The first-order valence-electron chi connectivity index (χ1n) is 8.17. The number of nitrogens with one attached hydrogen (secondary N) is 1. The first-order valence-corrected chi connectivity index (χ1v) is 8.17. The fourth-order valence-corrected chi connectivity index (χ4v) is 3.38. The van der Waals surface area contributed by atoms with Gasteiger partial charge in [0.1, 0.15) is 17.4 Å². The first kappa shape index (κ1) is 15.7. The van der Waals surface area contributed by atoms with Gasteiger partial charge in [0.25, 0.3) is 0 Å². The minimum Gasteiger partial charge on any atom is -0.490 e. The first-order chi connectivity index (χ1) is 10.7. The lowest BCUT2D eigenvalue weighted by atomic mass is 9.82. The molecule has 0 amide bonds. The van der Waals surface area contributed by atoms with Crippen molar-refractivity contribution in [2.75, 3.05) is 26.7 Å². The average molecular weight is 310 g/mol. The Morgan fingerprint density at radius 3 is 2.41 bits per heavy atom. The molecule has 1 saturated heterocycles. The molecule has 3 nitrogen and oxygen atoms in total. The Kier molecular flexibility index (Phi) is 4.93. The van der Waals surface area contributed by atoms with Crippen molar-refractivity contribution >= 4 is 0 Å². The topological polar surface area (TPSA) is 24.5 Å². The van der Waals surface area contributed by atoms with Crippen LogP contribution >= 0.6 is 0 Å². The number of ether oxygens (including phenoxy) is 1. The molecule has 1 aliphatic heterocycles. The number of hydrogen-bond acceptors (Lipinski definition) is 3. The molecule has 1 aromatic rings. The van der Waals surface area contributed by atoms with Crippen molar-refractivity contribution in [3.05, 3.63) is 29.3 Å². The molecule has 1 aliphatic carbocycles. The Bertz CT molecular complexity index is 488. The molecule has 1 heterocycles. The van der Waals surface area contributed by atoms with Crippen LogP contribution in [0.4, 0.5) is 8.78 Å². The molecular formula is C17H24F2N2O. The smallest absolute Gasteiger partial charge is 0.134 e. The van der Waals surface area contributed by atoms with E-state index in [1.165, 1.54) is 12.1 Å². The van der Waals surface area contributed by atoms with E-state index in [-0.39, 0.29) is 11.7 Å². The standard InChI is InChI=1S/C17H24F2N2O/c1-20-10-12-6-13(7-12)22-14-8-16(18)15(17(19)9-14)11-21-4-2-3-5-21/h8-9,12-13,20H,2-7,10-11H2,1H3. The van der Waals surface area contributed by atoms with E-state index >= 15 is 0 Å². The van der Waals surface area contributed by atoms with Gasteiger partial charge in [-0.05, 0) is 58.3 Å². The number of likely N-dealkylation sites (tertiary alicyclic amines) is 1. The van der Waals surface area contributed by atoms with Gasteiger partial charge < -0.3 is 10.1 Å². The molecular weight excluding hydrogens is 286 g/mol. The zero-order valence-electron chi connectivity index (χ0n) is 13.1. The van der Waals surface area contributed by atoms with Gasteiger partial charge >= 0.3 is 0 Å². The highest BCUT2D eigenvalue weighted by molar-refractivity contribution is 5.31. The van der Waals surface area contributed by atoms with Crippen LogP contribution in [0.3, 0.4) is 0 Å². The van der Waals surface area contributed by atoms with E-state index in [0.717, 1.165) is 45.3 Å². The summed E-state index contributed by atoms with van der Waals surface area (Å²) in [4.78, 5) is 2.09. The fourth-order valence-electron chi connectivity index (χ4n) is 3.38. The van der Waals surface area contributed by atoms with Gasteiger partial charge in [-0.1, -0.05) is 0 Å². The Morgan fingerprint density at radius 2 is 1.82 bits per heavy atom. The lowest BCUT2D eigenvalue weighted by Crippen LogP contribution is -2.38. The molecule has 2 aliphatic rings. The lowest BCUT2D eigenvalue weighted by Gasteiger charge is -2.35. The highest BCUT2D eigenvalue weighted by Gasteiger charge is 2.30. The third kappa shape index (κ3) is 3.58. The van der Waals surface area contributed by atoms with Gasteiger partial charge in [-0.2, -0.15) is 0 Å². The van der Waals surface area contributed by atoms with E-state index < -0.39 is 11.6 Å². The van der Waals surface area contributed by atoms with E-state index in [4.69, 9.17) is 4.74 Å². The molecule has 0 aromatic heterocycles. The van der Waals surface area contributed by atoms with Gasteiger partial charge in [0.15, 0.2) is 0 Å². The van der Waals surface area contributed by atoms with Crippen LogP contribution in [0.1, 0.15) is 31.2 Å². The third-order valence-electron chi connectivity index (χ3n) is 4.68. The van der Waals surface area contributed by atoms with Crippen LogP contribution in [-0.4, -0.2) is 37.7 Å². The molecule has 0 spiro atoms. The molecule has 0 radical (unpaired) electrons. The zero-order chi connectivity index (χ0) is 15.5. The zero-order valence-corrected chi connectivity index (χ0v) is 13.1. The summed E-state index contributed by atoms with van der Waals surface area (Å²) in [6, 6.07) is 2.67. The van der Waals surface area contributed by atoms with Gasteiger partial charge in [0.05, 0.1) is 6.10 Å². The van der Waals surface area contributed by atoms with Gasteiger partial charge in [0, 0.05) is 24.2 Å². The second-order valence-electron chi connectivity index (χ2n) is 6.48. The summed E-state index contributed by atoms with van der Waals surface area (Å²) in [5.41, 5.74) is 0.163. The van der Waals surface area contributed by atoms with Crippen molar-refractivity contribution in [2.45, 2.75) is 38.3 Å². The summed E-state index contributed by atoms with van der Waals surface area (Å²) in [7, 11) is 1.93. The quantitative estimate of drug-likeness (QED) is 0.874. The summed E-state index contributed by atoms with van der Waals surface area (Å²) >= 11 is 0. The molecule has 122 valence electrons. The Labute approximate surface area is 130 Å². The molecule has 1 aromatic carbocycles. The number of halogens is 2. The van der Waals surface area contributed by atoms with E-state index in [1.807, 2.05) is 7.05 Å².